The van der Waals surface area contributed by atoms with Gasteiger partial charge < -0.3 is 19.3 Å². The zero-order valence-corrected chi connectivity index (χ0v) is 13.2. The number of carbonyl (C=O) groups is 2. The van der Waals surface area contributed by atoms with Crippen molar-refractivity contribution >= 4 is 17.9 Å². The first-order valence-corrected chi connectivity index (χ1v) is 7.75. The van der Waals surface area contributed by atoms with Gasteiger partial charge >= 0.3 is 0 Å². The average Bonchev–Trinajstić information content (AvgIpc) is 2.59. The molecular formula is C17H20N2O4. The van der Waals surface area contributed by atoms with Crippen LogP contribution in [-0.4, -0.2) is 61.0 Å². The number of hydrogen-bond donors (Lipinski definition) is 0. The highest BCUT2D eigenvalue weighted by molar-refractivity contribution is 5.92. The van der Waals surface area contributed by atoms with Crippen molar-refractivity contribution in [2.75, 3.05) is 39.4 Å². The molecule has 1 aromatic rings. The van der Waals surface area contributed by atoms with E-state index in [9.17, 15) is 9.59 Å². The van der Waals surface area contributed by atoms with Crippen molar-refractivity contribution in [3.63, 3.8) is 0 Å². The van der Waals surface area contributed by atoms with Gasteiger partial charge in [0, 0.05) is 39.2 Å². The number of hydrogen-bond acceptors (Lipinski definition) is 4. The maximum atomic E-state index is 12.2. The number of carbonyl (C=O) groups excluding carboxylic acids is 2. The second-order valence-electron chi connectivity index (χ2n) is 5.57. The predicted molar refractivity (Wildman–Crippen MR) is 85.3 cm³/mol. The van der Waals surface area contributed by atoms with Crippen LogP contribution in [0.3, 0.4) is 0 Å². The summed E-state index contributed by atoms with van der Waals surface area (Å²) in [5, 5.41) is 0. The SMILES string of the molecule is CC(=O)N1CCN(C(=O)/C=C/c2ccc3c(c2)OCCO3)CC1. The number of ether oxygens (including phenoxy) is 2. The number of benzene rings is 1. The first kappa shape index (κ1) is 15.4. The van der Waals surface area contributed by atoms with Gasteiger partial charge in [-0.1, -0.05) is 6.07 Å². The van der Waals surface area contributed by atoms with Gasteiger partial charge in [0.05, 0.1) is 0 Å². The first-order chi connectivity index (χ1) is 11.1. The van der Waals surface area contributed by atoms with Gasteiger partial charge in [0.25, 0.3) is 0 Å². The van der Waals surface area contributed by atoms with Crippen LogP contribution < -0.4 is 9.47 Å². The molecule has 23 heavy (non-hydrogen) atoms. The third-order valence-corrected chi connectivity index (χ3v) is 4.02. The van der Waals surface area contributed by atoms with Crippen molar-refractivity contribution in [1.82, 2.24) is 9.80 Å². The van der Waals surface area contributed by atoms with E-state index in [1.807, 2.05) is 18.2 Å². The van der Waals surface area contributed by atoms with Crippen LogP contribution in [0.25, 0.3) is 6.08 Å². The zero-order chi connectivity index (χ0) is 16.2. The van der Waals surface area contributed by atoms with Crippen LogP contribution in [0.4, 0.5) is 0 Å². The fourth-order valence-electron chi connectivity index (χ4n) is 2.68. The Kier molecular flexibility index (Phi) is 4.50. The van der Waals surface area contributed by atoms with Crippen LogP contribution >= 0.6 is 0 Å². The van der Waals surface area contributed by atoms with Gasteiger partial charge in [-0.25, -0.2) is 0 Å². The molecule has 0 aliphatic carbocycles. The molecule has 6 nitrogen and oxygen atoms in total. The standard InChI is InChI=1S/C17H20N2O4/c1-13(20)18-6-8-19(9-7-18)17(21)5-3-14-2-4-15-16(12-14)23-11-10-22-15/h2-5,12H,6-11H2,1H3/b5-3+. The van der Waals surface area contributed by atoms with Crippen LogP contribution in [-0.2, 0) is 9.59 Å². The molecule has 3 rings (SSSR count). The van der Waals surface area contributed by atoms with Crippen molar-refractivity contribution < 1.29 is 19.1 Å². The summed E-state index contributed by atoms with van der Waals surface area (Å²) in [5.74, 6) is 1.47. The number of piperazine rings is 1. The molecule has 2 aliphatic rings. The van der Waals surface area contributed by atoms with Gasteiger partial charge in [-0.2, -0.15) is 0 Å². The minimum atomic E-state index is -0.0388. The molecule has 1 aromatic carbocycles. The fraction of sp³-hybridized carbons (Fsp3) is 0.412. The molecule has 2 amide bonds. The van der Waals surface area contributed by atoms with Crippen LogP contribution in [0, 0.1) is 0 Å². The van der Waals surface area contributed by atoms with Gasteiger partial charge in [-0.05, 0) is 23.8 Å². The minimum Gasteiger partial charge on any atom is -0.486 e. The van der Waals surface area contributed by atoms with Crippen molar-refractivity contribution in [3.8, 4) is 11.5 Å². The van der Waals surface area contributed by atoms with E-state index in [0.29, 0.717) is 45.1 Å². The highest BCUT2D eigenvalue weighted by Crippen LogP contribution is 2.31. The van der Waals surface area contributed by atoms with E-state index < -0.39 is 0 Å². The lowest BCUT2D eigenvalue weighted by atomic mass is 10.1. The second-order valence-corrected chi connectivity index (χ2v) is 5.57. The third-order valence-electron chi connectivity index (χ3n) is 4.02. The van der Waals surface area contributed by atoms with Gasteiger partial charge in [-0.15, -0.1) is 0 Å². The third kappa shape index (κ3) is 3.64. The summed E-state index contributed by atoms with van der Waals surface area (Å²) in [6, 6.07) is 5.61. The Hall–Kier alpha value is -2.50. The summed E-state index contributed by atoms with van der Waals surface area (Å²) in [6.07, 6.45) is 3.34. The highest BCUT2D eigenvalue weighted by Gasteiger charge is 2.20. The molecule has 0 unspecified atom stereocenters. The molecule has 6 heteroatoms. The molecule has 2 heterocycles. The fourth-order valence-corrected chi connectivity index (χ4v) is 2.68. The van der Waals surface area contributed by atoms with Crippen LogP contribution in [0.5, 0.6) is 11.5 Å². The second kappa shape index (κ2) is 6.73. The van der Waals surface area contributed by atoms with Crippen molar-refractivity contribution in [2.45, 2.75) is 6.92 Å². The van der Waals surface area contributed by atoms with Crippen LogP contribution in [0.15, 0.2) is 24.3 Å². The van der Waals surface area contributed by atoms with Crippen LogP contribution in [0.1, 0.15) is 12.5 Å². The molecule has 0 bridgehead atoms. The Bertz CT molecular complexity index is 633. The maximum absolute atomic E-state index is 12.2. The van der Waals surface area contributed by atoms with Gasteiger partial charge in [0.2, 0.25) is 11.8 Å². The Balaban J connectivity index is 1.59. The molecule has 2 aliphatic heterocycles. The highest BCUT2D eigenvalue weighted by atomic mass is 16.6. The molecule has 122 valence electrons. The summed E-state index contributed by atoms with van der Waals surface area (Å²) in [6.45, 7) is 5.00. The lowest BCUT2D eigenvalue weighted by Gasteiger charge is -2.33. The molecular weight excluding hydrogens is 296 g/mol. The number of fused-ring (bicyclic) bond motifs is 1. The van der Waals surface area contributed by atoms with Crippen molar-refractivity contribution in [3.05, 3.63) is 29.8 Å². The largest absolute Gasteiger partial charge is 0.486 e. The molecule has 1 saturated heterocycles. The lowest BCUT2D eigenvalue weighted by molar-refractivity contribution is -0.135. The monoisotopic (exact) mass is 316 g/mol. The first-order valence-electron chi connectivity index (χ1n) is 7.75. The molecule has 0 radical (unpaired) electrons. The maximum Gasteiger partial charge on any atom is 0.246 e. The normalized spacial score (nSPS) is 17.4. The quantitative estimate of drug-likeness (QED) is 0.768. The van der Waals surface area contributed by atoms with E-state index in [1.165, 1.54) is 0 Å². The van der Waals surface area contributed by atoms with Crippen molar-refractivity contribution in [2.24, 2.45) is 0 Å². The van der Waals surface area contributed by atoms with E-state index in [1.54, 1.807) is 28.9 Å². The zero-order valence-electron chi connectivity index (χ0n) is 13.2. The molecule has 0 N–H and O–H groups in total. The molecule has 0 atom stereocenters. The Morgan fingerprint density at radius 3 is 2.35 bits per heavy atom. The molecule has 0 spiro atoms. The predicted octanol–water partition coefficient (Wildman–Crippen LogP) is 1.16. The van der Waals surface area contributed by atoms with Crippen LogP contribution in [0.2, 0.25) is 0 Å². The number of nitrogens with zero attached hydrogens (tertiary/aromatic N) is 2. The average molecular weight is 316 g/mol. The lowest BCUT2D eigenvalue weighted by Crippen LogP contribution is -2.49. The van der Waals surface area contributed by atoms with Crippen molar-refractivity contribution in [1.29, 1.82) is 0 Å². The number of rotatable bonds is 2. The van der Waals surface area contributed by atoms with E-state index in [-0.39, 0.29) is 11.8 Å². The Morgan fingerprint density at radius 1 is 1.00 bits per heavy atom. The molecule has 0 saturated carbocycles. The van der Waals surface area contributed by atoms with E-state index in [2.05, 4.69) is 0 Å². The van der Waals surface area contributed by atoms with E-state index in [4.69, 9.17) is 9.47 Å². The van der Waals surface area contributed by atoms with Gasteiger partial charge in [0.15, 0.2) is 11.5 Å². The minimum absolute atomic E-state index is 0.0388. The summed E-state index contributed by atoms with van der Waals surface area (Å²) in [7, 11) is 0. The van der Waals surface area contributed by atoms with E-state index >= 15 is 0 Å². The van der Waals surface area contributed by atoms with Gasteiger partial charge in [-0.3, -0.25) is 9.59 Å². The summed E-state index contributed by atoms with van der Waals surface area (Å²) >= 11 is 0. The summed E-state index contributed by atoms with van der Waals surface area (Å²) in [5.41, 5.74) is 0.893. The number of amides is 2. The summed E-state index contributed by atoms with van der Waals surface area (Å²) in [4.78, 5) is 27.0. The van der Waals surface area contributed by atoms with E-state index in [0.717, 1.165) is 11.3 Å². The Labute approximate surface area is 135 Å². The topological polar surface area (TPSA) is 59.1 Å². The molecule has 0 aromatic heterocycles. The summed E-state index contributed by atoms with van der Waals surface area (Å²) < 4.78 is 11.0. The molecule has 1 fully saturated rings. The van der Waals surface area contributed by atoms with Gasteiger partial charge in [0.1, 0.15) is 13.2 Å². The smallest absolute Gasteiger partial charge is 0.246 e. The Morgan fingerprint density at radius 2 is 1.65 bits per heavy atom.